The van der Waals surface area contributed by atoms with Crippen molar-refractivity contribution < 1.29 is 0 Å². The van der Waals surface area contributed by atoms with Crippen molar-refractivity contribution in [2.75, 3.05) is 6.54 Å². The molecule has 1 heterocycles. The predicted octanol–water partition coefficient (Wildman–Crippen LogP) is 3.72. The first kappa shape index (κ1) is 15.8. The van der Waals surface area contributed by atoms with E-state index >= 15 is 0 Å². The lowest BCUT2D eigenvalue weighted by Crippen LogP contribution is -2.26. The molecule has 21 heavy (non-hydrogen) atoms. The zero-order valence-corrected chi connectivity index (χ0v) is 13.9. The van der Waals surface area contributed by atoms with Crippen LogP contribution in [0.25, 0.3) is 0 Å². The predicted molar refractivity (Wildman–Crippen MR) is 88.7 cm³/mol. The Labute approximate surface area is 128 Å². The van der Waals surface area contributed by atoms with Crippen molar-refractivity contribution >= 4 is 0 Å². The Morgan fingerprint density at radius 3 is 2.38 bits per heavy atom. The van der Waals surface area contributed by atoms with Crippen LogP contribution in [-0.2, 0) is 13.0 Å². The maximum Gasteiger partial charge on any atom is 0.110 e. The molecule has 2 aromatic rings. The molecule has 114 valence electrons. The third-order valence-corrected chi connectivity index (χ3v) is 4.07. The van der Waals surface area contributed by atoms with Crippen LogP contribution in [0.1, 0.15) is 48.0 Å². The Bertz CT molecular complexity index is 575. The second kappa shape index (κ2) is 6.90. The first-order valence-electron chi connectivity index (χ1n) is 7.87. The Balaban J connectivity index is 2.35. The quantitative estimate of drug-likeness (QED) is 0.876. The zero-order valence-electron chi connectivity index (χ0n) is 13.9. The van der Waals surface area contributed by atoms with Crippen molar-refractivity contribution in [3.63, 3.8) is 0 Å². The van der Waals surface area contributed by atoms with Crippen molar-refractivity contribution in [2.45, 2.75) is 53.6 Å². The molecular weight excluding hydrogens is 258 g/mol. The topological polar surface area (TPSA) is 29.9 Å². The molecule has 0 saturated heterocycles. The molecule has 3 heteroatoms. The summed E-state index contributed by atoms with van der Waals surface area (Å²) < 4.78 is 2.23. The largest absolute Gasteiger partial charge is 0.335 e. The molecule has 0 aliphatic rings. The number of likely N-dealkylation sites (N-methyl/N-ethyl adjacent to an activating group) is 1. The van der Waals surface area contributed by atoms with Gasteiger partial charge < -0.3 is 9.88 Å². The molecule has 2 rings (SSSR count). The summed E-state index contributed by atoms with van der Waals surface area (Å²) in [6.07, 6.45) is 4.89. The minimum atomic E-state index is 0.322. The maximum absolute atomic E-state index is 4.53. The molecule has 0 aliphatic carbocycles. The van der Waals surface area contributed by atoms with Crippen molar-refractivity contribution in [2.24, 2.45) is 0 Å². The monoisotopic (exact) mass is 285 g/mol. The summed E-state index contributed by atoms with van der Waals surface area (Å²) in [5, 5.41) is 3.64. The van der Waals surface area contributed by atoms with Gasteiger partial charge in [0.1, 0.15) is 5.82 Å². The highest BCUT2D eigenvalue weighted by atomic mass is 15.1. The van der Waals surface area contributed by atoms with Gasteiger partial charge >= 0.3 is 0 Å². The SMILES string of the molecule is CCNC(Cc1nccn1CC)c1c(C)cc(C)cc1C. The van der Waals surface area contributed by atoms with Crippen LogP contribution in [0.5, 0.6) is 0 Å². The molecule has 0 spiro atoms. The van der Waals surface area contributed by atoms with E-state index in [1.54, 1.807) is 0 Å². The average molecular weight is 285 g/mol. The summed E-state index contributed by atoms with van der Waals surface area (Å²) in [4.78, 5) is 4.53. The van der Waals surface area contributed by atoms with Gasteiger partial charge in [0.05, 0.1) is 0 Å². The van der Waals surface area contributed by atoms with Crippen LogP contribution < -0.4 is 5.32 Å². The number of nitrogens with one attached hydrogen (secondary N) is 1. The third-order valence-electron chi connectivity index (χ3n) is 4.07. The fourth-order valence-electron chi connectivity index (χ4n) is 3.26. The van der Waals surface area contributed by atoms with Gasteiger partial charge in [-0.25, -0.2) is 4.98 Å². The maximum atomic E-state index is 4.53. The third kappa shape index (κ3) is 3.53. The van der Waals surface area contributed by atoms with Gasteiger partial charge in [0.25, 0.3) is 0 Å². The van der Waals surface area contributed by atoms with Gasteiger partial charge in [-0.3, -0.25) is 0 Å². The van der Waals surface area contributed by atoms with Gasteiger partial charge in [-0.15, -0.1) is 0 Å². The molecule has 0 fully saturated rings. The number of rotatable bonds is 6. The Hall–Kier alpha value is -1.61. The van der Waals surface area contributed by atoms with E-state index < -0.39 is 0 Å². The van der Waals surface area contributed by atoms with Crippen LogP contribution in [-0.4, -0.2) is 16.1 Å². The van der Waals surface area contributed by atoms with E-state index in [2.05, 4.69) is 67.8 Å². The van der Waals surface area contributed by atoms with Gasteiger partial charge in [0.2, 0.25) is 0 Å². The Morgan fingerprint density at radius 1 is 1.14 bits per heavy atom. The van der Waals surface area contributed by atoms with Crippen LogP contribution in [0.2, 0.25) is 0 Å². The highest BCUT2D eigenvalue weighted by Crippen LogP contribution is 2.26. The number of aryl methyl sites for hydroxylation is 4. The standard InChI is InChI=1S/C18H27N3/c1-6-19-16(12-17-20-8-9-21(17)7-2)18-14(4)10-13(3)11-15(18)5/h8-11,16,19H,6-7,12H2,1-5H3. The van der Waals surface area contributed by atoms with Gasteiger partial charge in [0.15, 0.2) is 0 Å². The lowest BCUT2D eigenvalue weighted by molar-refractivity contribution is 0.518. The van der Waals surface area contributed by atoms with Crippen molar-refractivity contribution in [3.05, 3.63) is 52.6 Å². The van der Waals surface area contributed by atoms with Crippen LogP contribution >= 0.6 is 0 Å². The molecule has 0 aliphatic heterocycles. The molecular formula is C18H27N3. The van der Waals surface area contributed by atoms with Crippen LogP contribution in [0.4, 0.5) is 0 Å². The molecule has 1 atom stereocenters. The van der Waals surface area contributed by atoms with E-state index in [0.29, 0.717) is 6.04 Å². The Kier molecular flexibility index (Phi) is 5.18. The first-order valence-corrected chi connectivity index (χ1v) is 7.87. The summed E-state index contributed by atoms with van der Waals surface area (Å²) in [5.74, 6) is 1.16. The second-order valence-corrected chi connectivity index (χ2v) is 5.76. The van der Waals surface area contributed by atoms with E-state index in [9.17, 15) is 0 Å². The molecule has 0 radical (unpaired) electrons. The first-order chi connectivity index (χ1) is 10.1. The molecule has 1 N–H and O–H groups in total. The van der Waals surface area contributed by atoms with Gasteiger partial charge in [-0.1, -0.05) is 24.6 Å². The fraction of sp³-hybridized carbons (Fsp3) is 0.500. The minimum absolute atomic E-state index is 0.322. The molecule has 3 nitrogen and oxygen atoms in total. The molecule has 0 amide bonds. The molecule has 1 aromatic heterocycles. The number of aromatic nitrogens is 2. The average Bonchev–Trinajstić information content (AvgIpc) is 2.85. The highest BCUT2D eigenvalue weighted by molar-refractivity contribution is 5.40. The van der Waals surface area contributed by atoms with E-state index in [0.717, 1.165) is 25.3 Å². The summed E-state index contributed by atoms with van der Waals surface area (Å²) >= 11 is 0. The summed E-state index contributed by atoms with van der Waals surface area (Å²) in [7, 11) is 0. The van der Waals surface area contributed by atoms with Crippen molar-refractivity contribution in [1.82, 2.24) is 14.9 Å². The van der Waals surface area contributed by atoms with Crippen molar-refractivity contribution in [3.8, 4) is 0 Å². The van der Waals surface area contributed by atoms with E-state index in [4.69, 9.17) is 0 Å². The van der Waals surface area contributed by atoms with Crippen LogP contribution in [0.15, 0.2) is 24.5 Å². The number of benzene rings is 1. The van der Waals surface area contributed by atoms with Crippen LogP contribution in [0.3, 0.4) is 0 Å². The number of hydrogen-bond donors (Lipinski definition) is 1. The minimum Gasteiger partial charge on any atom is -0.335 e. The van der Waals surface area contributed by atoms with E-state index in [1.807, 2.05) is 6.20 Å². The summed E-state index contributed by atoms with van der Waals surface area (Å²) in [6.45, 7) is 12.9. The second-order valence-electron chi connectivity index (χ2n) is 5.76. The zero-order chi connectivity index (χ0) is 15.4. The Morgan fingerprint density at radius 2 is 1.81 bits per heavy atom. The summed E-state index contributed by atoms with van der Waals surface area (Å²) in [5.41, 5.74) is 5.49. The van der Waals surface area contributed by atoms with Gasteiger partial charge in [0, 0.05) is 31.4 Å². The number of hydrogen-bond acceptors (Lipinski definition) is 2. The molecule has 0 saturated carbocycles. The highest BCUT2D eigenvalue weighted by Gasteiger charge is 2.18. The number of nitrogens with zero attached hydrogens (tertiary/aromatic N) is 2. The molecule has 0 bridgehead atoms. The van der Waals surface area contributed by atoms with E-state index in [-0.39, 0.29) is 0 Å². The van der Waals surface area contributed by atoms with Gasteiger partial charge in [-0.2, -0.15) is 0 Å². The molecule has 1 unspecified atom stereocenters. The lowest BCUT2D eigenvalue weighted by Gasteiger charge is -2.23. The fourth-order valence-corrected chi connectivity index (χ4v) is 3.26. The molecule has 1 aromatic carbocycles. The van der Waals surface area contributed by atoms with E-state index in [1.165, 1.54) is 22.3 Å². The number of imidazole rings is 1. The summed E-state index contributed by atoms with van der Waals surface area (Å²) in [6, 6.07) is 4.88. The van der Waals surface area contributed by atoms with Crippen molar-refractivity contribution in [1.29, 1.82) is 0 Å². The smallest absolute Gasteiger partial charge is 0.110 e. The normalized spacial score (nSPS) is 12.6. The van der Waals surface area contributed by atoms with Gasteiger partial charge in [-0.05, 0) is 50.9 Å². The lowest BCUT2D eigenvalue weighted by atomic mass is 9.92. The van der Waals surface area contributed by atoms with Crippen LogP contribution in [0, 0.1) is 20.8 Å².